The molecule has 7 heteroatoms. The lowest BCUT2D eigenvalue weighted by molar-refractivity contribution is -0.117. The fourth-order valence-electron chi connectivity index (χ4n) is 1.61. The number of amides is 1. The van der Waals surface area contributed by atoms with E-state index in [2.05, 4.69) is 4.98 Å². The quantitative estimate of drug-likeness (QED) is 0.819. The van der Waals surface area contributed by atoms with Gasteiger partial charge in [-0.25, -0.2) is 4.98 Å². The highest BCUT2D eigenvalue weighted by atomic mass is 35.5. The summed E-state index contributed by atoms with van der Waals surface area (Å²) in [6.45, 7) is 1.03. The number of nitrogens with two attached hydrogens (primary N) is 1. The molecule has 1 aromatic rings. The molecule has 0 saturated carbocycles. The molecule has 1 aliphatic heterocycles. The van der Waals surface area contributed by atoms with E-state index in [1.807, 2.05) is 0 Å². The highest BCUT2D eigenvalue weighted by Crippen LogP contribution is 2.32. The lowest BCUT2D eigenvalue weighted by Crippen LogP contribution is -2.25. The van der Waals surface area contributed by atoms with Crippen molar-refractivity contribution >= 4 is 40.3 Å². The Hall–Kier alpha value is -0.980. The third-order valence-electron chi connectivity index (χ3n) is 2.47. The minimum absolute atomic E-state index is 0.0154. The van der Waals surface area contributed by atoms with Gasteiger partial charge < -0.3 is 5.73 Å². The fourth-order valence-corrected chi connectivity index (χ4v) is 2.70. The Bertz CT molecular complexity index is 434. The van der Waals surface area contributed by atoms with Crippen LogP contribution in [0.1, 0.15) is 16.1 Å². The summed E-state index contributed by atoms with van der Waals surface area (Å²) in [6.07, 6.45) is 1.08. The van der Waals surface area contributed by atoms with Crippen LogP contribution in [0, 0.1) is 5.92 Å². The maximum Gasteiger partial charge on any atom is 0.229 e. The number of rotatable bonds is 3. The predicted molar refractivity (Wildman–Crippen MR) is 62.0 cm³/mol. The van der Waals surface area contributed by atoms with Crippen molar-refractivity contribution in [3.05, 3.63) is 10.0 Å². The topological polar surface area (TPSA) is 76.3 Å². The highest BCUT2D eigenvalue weighted by Gasteiger charge is 2.31. The van der Waals surface area contributed by atoms with E-state index in [0.717, 1.165) is 11.3 Å². The smallest absolute Gasteiger partial charge is 0.229 e. The van der Waals surface area contributed by atoms with E-state index in [1.54, 1.807) is 4.90 Å². The van der Waals surface area contributed by atoms with Crippen LogP contribution in [0.15, 0.2) is 0 Å². The minimum Gasteiger partial charge on any atom is -0.330 e. The summed E-state index contributed by atoms with van der Waals surface area (Å²) in [7, 11) is 0. The first-order valence-electron chi connectivity index (χ1n) is 4.77. The van der Waals surface area contributed by atoms with E-state index in [-0.39, 0.29) is 17.0 Å². The van der Waals surface area contributed by atoms with Gasteiger partial charge in [-0.3, -0.25) is 14.5 Å². The van der Waals surface area contributed by atoms with Gasteiger partial charge in [0.1, 0.15) is 4.88 Å². The Morgan fingerprint density at radius 2 is 2.44 bits per heavy atom. The first-order valence-corrected chi connectivity index (χ1v) is 5.97. The van der Waals surface area contributed by atoms with Gasteiger partial charge >= 0.3 is 0 Å². The SMILES string of the molecule is NCC1CC(=O)N(c2nc(Cl)c(C=O)s2)C1. The van der Waals surface area contributed by atoms with E-state index >= 15 is 0 Å². The maximum atomic E-state index is 11.7. The standard InChI is InChI=1S/C9H10ClN3O2S/c10-8-6(4-14)16-9(12-8)13-3-5(2-11)1-7(13)15/h4-5H,1-3,11H2. The number of nitrogens with zero attached hydrogens (tertiary/aromatic N) is 2. The van der Waals surface area contributed by atoms with Crippen molar-refractivity contribution in [1.82, 2.24) is 4.98 Å². The average molecular weight is 260 g/mol. The molecule has 1 aromatic heterocycles. The number of carbonyl (C=O) groups excluding carboxylic acids is 2. The van der Waals surface area contributed by atoms with Crippen LogP contribution < -0.4 is 10.6 Å². The summed E-state index contributed by atoms with van der Waals surface area (Å²) in [4.78, 5) is 28.2. The van der Waals surface area contributed by atoms with Crippen LogP contribution in [0.2, 0.25) is 5.15 Å². The molecule has 2 rings (SSSR count). The molecule has 1 unspecified atom stereocenters. The lowest BCUT2D eigenvalue weighted by atomic mass is 10.1. The van der Waals surface area contributed by atoms with Gasteiger partial charge in [-0.05, 0) is 12.5 Å². The molecule has 0 aromatic carbocycles. The summed E-state index contributed by atoms with van der Waals surface area (Å²) < 4.78 is 0. The second kappa shape index (κ2) is 4.48. The van der Waals surface area contributed by atoms with Crippen LogP contribution in [0.3, 0.4) is 0 Å². The molecule has 2 N–H and O–H groups in total. The van der Waals surface area contributed by atoms with Crippen molar-refractivity contribution < 1.29 is 9.59 Å². The summed E-state index contributed by atoms with van der Waals surface area (Å²) in [6, 6.07) is 0. The molecule has 1 amide bonds. The van der Waals surface area contributed by atoms with E-state index in [0.29, 0.717) is 35.8 Å². The van der Waals surface area contributed by atoms with E-state index < -0.39 is 0 Å². The third kappa shape index (κ3) is 1.95. The lowest BCUT2D eigenvalue weighted by Gasteiger charge is -2.11. The highest BCUT2D eigenvalue weighted by molar-refractivity contribution is 7.17. The minimum atomic E-state index is -0.0154. The fraction of sp³-hybridized carbons (Fsp3) is 0.444. The second-order valence-corrected chi connectivity index (χ2v) is 4.95. The number of hydrogen-bond acceptors (Lipinski definition) is 5. The van der Waals surface area contributed by atoms with Crippen molar-refractivity contribution in [2.45, 2.75) is 6.42 Å². The Morgan fingerprint density at radius 1 is 1.69 bits per heavy atom. The number of thiazole rings is 1. The number of anilines is 1. The normalized spacial score (nSPS) is 20.5. The van der Waals surface area contributed by atoms with Crippen LogP contribution in [-0.2, 0) is 4.79 Å². The Kier molecular flexibility index (Phi) is 3.22. The van der Waals surface area contributed by atoms with Crippen molar-refractivity contribution in [2.75, 3.05) is 18.0 Å². The number of halogens is 1. The Labute approximate surface area is 101 Å². The van der Waals surface area contributed by atoms with Crippen LogP contribution >= 0.6 is 22.9 Å². The molecule has 1 aliphatic rings. The molecule has 86 valence electrons. The first-order chi connectivity index (χ1) is 7.65. The molecule has 1 fully saturated rings. The molecule has 1 atom stereocenters. The van der Waals surface area contributed by atoms with Gasteiger partial charge in [0, 0.05) is 13.0 Å². The third-order valence-corrected chi connectivity index (χ3v) is 3.88. The second-order valence-electron chi connectivity index (χ2n) is 3.58. The van der Waals surface area contributed by atoms with Crippen LogP contribution in [0.4, 0.5) is 5.13 Å². The molecule has 0 aliphatic carbocycles. The zero-order chi connectivity index (χ0) is 11.7. The number of hydrogen-bond donors (Lipinski definition) is 1. The molecule has 0 spiro atoms. The molecule has 2 heterocycles. The van der Waals surface area contributed by atoms with Gasteiger partial charge in [0.15, 0.2) is 16.6 Å². The molecule has 16 heavy (non-hydrogen) atoms. The summed E-state index contributed by atoms with van der Waals surface area (Å²) >= 11 is 6.87. The van der Waals surface area contributed by atoms with Crippen molar-refractivity contribution in [3.63, 3.8) is 0 Å². The van der Waals surface area contributed by atoms with Gasteiger partial charge in [0.2, 0.25) is 5.91 Å². The average Bonchev–Trinajstić information content (AvgIpc) is 2.81. The van der Waals surface area contributed by atoms with Gasteiger partial charge in [-0.1, -0.05) is 22.9 Å². The predicted octanol–water partition coefficient (Wildman–Crippen LogP) is 0.921. The Balaban J connectivity index is 2.24. The van der Waals surface area contributed by atoms with Crippen molar-refractivity contribution in [1.29, 1.82) is 0 Å². The van der Waals surface area contributed by atoms with Gasteiger partial charge in [0.05, 0.1) is 0 Å². The van der Waals surface area contributed by atoms with Crippen LogP contribution in [0.25, 0.3) is 0 Å². The molecule has 0 bridgehead atoms. The van der Waals surface area contributed by atoms with Crippen molar-refractivity contribution in [3.8, 4) is 0 Å². The van der Waals surface area contributed by atoms with Gasteiger partial charge in [-0.2, -0.15) is 0 Å². The number of carbonyl (C=O) groups is 2. The Morgan fingerprint density at radius 3 is 2.94 bits per heavy atom. The molecular weight excluding hydrogens is 250 g/mol. The largest absolute Gasteiger partial charge is 0.330 e. The van der Waals surface area contributed by atoms with Gasteiger partial charge in [-0.15, -0.1) is 0 Å². The van der Waals surface area contributed by atoms with E-state index in [1.165, 1.54) is 0 Å². The zero-order valence-corrected chi connectivity index (χ0v) is 9.92. The van der Waals surface area contributed by atoms with Crippen molar-refractivity contribution in [2.24, 2.45) is 11.7 Å². The zero-order valence-electron chi connectivity index (χ0n) is 8.35. The first kappa shape index (κ1) is 11.5. The summed E-state index contributed by atoms with van der Waals surface area (Å²) in [5.74, 6) is 0.146. The van der Waals surface area contributed by atoms with E-state index in [4.69, 9.17) is 17.3 Å². The number of aldehydes is 1. The van der Waals surface area contributed by atoms with Gasteiger partial charge in [0.25, 0.3) is 0 Å². The summed E-state index contributed by atoms with van der Waals surface area (Å²) in [5, 5.41) is 0.632. The molecule has 0 radical (unpaired) electrons. The van der Waals surface area contributed by atoms with E-state index in [9.17, 15) is 9.59 Å². The van der Waals surface area contributed by atoms with Crippen LogP contribution in [-0.4, -0.2) is 30.3 Å². The number of aromatic nitrogens is 1. The summed E-state index contributed by atoms with van der Waals surface area (Å²) in [5.41, 5.74) is 5.52. The molecule has 1 saturated heterocycles. The monoisotopic (exact) mass is 259 g/mol. The van der Waals surface area contributed by atoms with Crippen LogP contribution in [0.5, 0.6) is 0 Å². The maximum absolute atomic E-state index is 11.7. The molecule has 5 nitrogen and oxygen atoms in total. The molecular formula is C9H10ClN3O2S.